The molecule has 150 valence electrons. The van der Waals surface area contributed by atoms with Gasteiger partial charge in [0, 0.05) is 17.1 Å². The van der Waals surface area contributed by atoms with Gasteiger partial charge in [-0.05, 0) is 58.6 Å². The van der Waals surface area contributed by atoms with Gasteiger partial charge in [0.25, 0.3) is 5.91 Å². The first kappa shape index (κ1) is 20.2. The summed E-state index contributed by atoms with van der Waals surface area (Å²) in [5, 5.41) is 3.74. The summed E-state index contributed by atoms with van der Waals surface area (Å²) in [5.74, 6) is -1.51. The largest absolute Gasteiger partial charge is 0.450 e. The molecule has 0 aliphatic heterocycles. The number of para-hydroxylation sites is 1. The lowest BCUT2D eigenvalue weighted by molar-refractivity contribution is 0.101. The number of ketones is 1. The van der Waals surface area contributed by atoms with Crippen molar-refractivity contribution in [3.05, 3.63) is 82.0 Å². The van der Waals surface area contributed by atoms with Crippen LogP contribution in [-0.4, -0.2) is 27.9 Å². The van der Waals surface area contributed by atoms with Gasteiger partial charge < -0.3 is 9.73 Å². The highest BCUT2D eigenvalue weighted by Gasteiger charge is 2.25. The van der Waals surface area contributed by atoms with Gasteiger partial charge in [-0.3, -0.25) is 9.59 Å². The number of aromatic nitrogens is 2. The zero-order valence-corrected chi connectivity index (χ0v) is 17.9. The summed E-state index contributed by atoms with van der Waals surface area (Å²) in [5.41, 5.74) is 1.02. The van der Waals surface area contributed by atoms with Gasteiger partial charge in [0.05, 0.1) is 10.2 Å². The molecule has 0 aliphatic rings. The average Bonchev–Trinajstić information content (AvgIpc) is 3.12. The number of carbonyl (C=O) groups excluding carboxylic acids is 2. The second kappa shape index (κ2) is 8.37. The van der Waals surface area contributed by atoms with Crippen LogP contribution in [0.3, 0.4) is 0 Å². The van der Waals surface area contributed by atoms with Crippen molar-refractivity contribution >= 4 is 56.0 Å². The molecule has 0 saturated carbocycles. The third-order valence-corrected chi connectivity index (χ3v) is 5.41. The van der Waals surface area contributed by atoms with Crippen molar-refractivity contribution < 1.29 is 18.4 Å². The number of rotatable bonds is 5. The molecular formula is C21H13BrFN3O3S. The van der Waals surface area contributed by atoms with Crippen molar-refractivity contribution in [2.24, 2.45) is 0 Å². The third-order valence-electron chi connectivity index (χ3n) is 4.27. The maximum absolute atomic E-state index is 13.2. The Balaban J connectivity index is 1.78. The first-order valence-corrected chi connectivity index (χ1v) is 10.7. The molecule has 2 heterocycles. The van der Waals surface area contributed by atoms with E-state index in [0.717, 1.165) is 0 Å². The summed E-state index contributed by atoms with van der Waals surface area (Å²) in [7, 11) is 0. The summed E-state index contributed by atoms with van der Waals surface area (Å²) < 4.78 is 19.4. The number of halogens is 2. The molecule has 0 radical (unpaired) electrons. The van der Waals surface area contributed by atoms with Crippen molar-refractivity contribution in [2.75, 3.05) is 11.6 Å². The molecule has 2 aromatic carbocycles. The summed E-state index contributed by atoms with van der Waals surface area (Å²) in [6.07, 6.45) is 3.29. The molecule has 0 aliphatic carbocycles. The maximum atomic E-state index is 13.2. The molecule has 1 amide bonds. The smallest absolute Gasteiger partial charge is 0.275 e. The molecule has 4 rings (SSSR count). The van der Waals surface area contributed by atoms with Crippen LogP contribution >= 0.6 is 27.7 Å². The number of thioether (sulfide) groups is 1. The summed E-state index contributed by atoms with van der Waals surface area (Å²) in [6.45, 7) is 0. The lowest BCUT2D eigenvalue weighted by Gasteiger charge is -2.08. The number of fused-ring (bicyclic) bond motifs is 1. The van der Waals surface area contributed by atoms with Gasteiger partial charge in [-0.2, -0.15) is 0 Å². The van der Waals surface area contributed by atoms with Crippen LogP contribution in [-0.2, 0) is 0 Å². The van der Waals surface area contributed by atoms with Crippen LogP contribution in [0.25, 0.3) is 11.0 Å². The number of nitrogens with zero attached hydrogens (tertiary/aromatic N) is 2. The van der Waals surface area contributed by atoms with Crippen LogP contribution in [0.15, 0.2) is 68.8 Å². The number of benzene rings is 2. The van der Waals surface area contributed by atoms with Crippen LogP contribution in [0.1, 0.15) is 26.6 Å². The molecule has 30 heavy (non-hydrogen) atoms. The van der Waals surface area contributed by atoms with Gasteiger partial charge in [-0.25, -0.2) is 14.4 Å². The molecule has 1 N–H and O–H groups in total. The van der Waals surface area contributed by atoms with Gasteiger partial charge in [-0.15, -0.1) is 0 Å². The van der Waals surface area contributed by atoms with E-state index in [2.05, 4.69) is 31.2 Å². The van der Waals surface area contributed by atoms with E-state index in [1.165, 1.54) is 42.2 Å². The molecule has 2 aromatic heterocycles. The maximum Gasteiger partial charge on any atom is 0.275 e. The Kier molecular flexibility index (Phi) is 5.65. The first-order valence-electron chi connectivity index (χ1n) is 8.67. The second-order valence-electron chi connectivity index (χ2n) is 6.15. The highest BCUT2D eigenvalue weighted by molar-refractivity contribution is 9.10. The van der Waals surface area contributed by atoms with E-state index in [4.69, 9.17) is 4.42 Å². The summed E-state index contributed by atoms with van der Waals surface area (Å²) in [4.78, 5) is 34.3. The molecule has 9 heteroatoms. The Morgan fingerprint density at radius 1 is 1.13 bits per heavy atom. The minimum absolute atomic E-state index is 0.0496. The van der Waals surface area contributed by atoms with Gasteiger partial charge >= 0.3 is 0 Å². The fourth-order valence-electron chi connectivity index (χ4n) is 2.84. The Bertz CT molecular complexity index is 1270. The van der Waals surface area contributed by atoms with E-state index in [1.54, 1.807) is 30.5 Å². The average molecular weight is 486 g/mol. The monoisotopic (exact) mass is 485 g/mol. The SMILES string of the molecule is CSc1ncc(Br)c(C(=O)Nc2c(C(=O)c3ccc(F)cc3)oc3ccccc23)n1. The normalized spacial score (nSPS) is 10.9. The standard InChI is InChI=1S/C21H13BrFN3O3S/c1-30-21-24-10-14(22)17(26-21)20(28)25-16-13-4-2-3-5-15(13)29-19(16)18(27)11-6-8-12(23)9-7-11/h2-10H,1H3,(H,25,28). The molecule has 0 saturated heterocycles. The predicted octanol–water partition coefficient (Wildman–Crippen LogP) is 5.33. The van der Waals surface area contributed by atoms with Crippen LogP contribution in [0.2, 0.25) is 0 Å². The molecule has 0 unspecified atom stereocenters. The van der Waals surface area contributed by atoms with Crippen LogP contribution in [0.4, 0.5) is 10.1 Å². The molecule has 6 nitrogen and oxygen atoms in total. The minimum atomic E-state index is -0.528. The highest BCUT2D eigenvalue weighted by atomic mass is 79.9. The molecule has 4 aromatic rings. The van der Waals surface area contributed by atoms with Gasteiger partial charge in [-0.1, -0.05) is 23.9 Å². The number of nitrogens with one attached hydrogen (secondary N) is 1. The van der Waals surface area contributed by atoms with Gasteiger partial charge in [0.2, 0.25) is 5.78 Å². The molecule has 0 spiro atoms. The van der Waals surface area contributed by atoms with Crippen LogP contribution in [0, 0.1) is 5.82 Å². The van der Waals surface area contributed by atoms with E-state index in [-0.39, 0.29) is 22.7 Å². The fraction of sp³-hybridized carbons (Fsp3) is 0.0476. The lowest BCUT2D eigenvalue weighted by Crippen LogP contribution is -2.17. The van der Waals surface area contributed by atoms with Crippen molar-refractivity contribution in [3.8, 4) is 0 Å². The molecule has 0 bridgehead atoms. The second-order valence-corrected chi connectivity index (χ2v) is 7.77. The first-order chi connectivity index (χ1) is 14.5. The van der Waals surface area contributed by atoms with E-state index < -0.39 is 17.5 Å². The Morgan fingerprint density at radius 3 is 2.60 bits per heavy atom. The van der Waals surface area contributed by atoms with Crippen molar-refractivity contribution in [3.63, 3.8) is 0 Å². The van der Waals surface area contributed by atoms with Crippen LogP contribution < -0.4 is 5.32 Å². The summed E-state index contributed by atoms with van der Waals surface area (Å²) >= 11 is 4.58. The van der Waals surface area contributed by atoms with E-state index in [1.807, 2.05) is 0 Å². The third kappa shape index (κ3) is 3.86. The van der Waals surface area contributed by atoms with E-state index >= 15 is 0 Å². The Morgan fingerprint density at radius 2 is 1.87 bits per heavy atom. The van der Waals surface area contributed by atoms with Gasteiger partial charge in [0.15, 0.2) is 10.9 Å². The number of amides is 1. The molecule has 0 atom stereocenters. The Labute approximate surface area is 183 Å². The topological polar surface area (TPSA) is 85.1 Å². The zero-order valence-electron chi connectivity index (χ0n) is 15.5. The molecule has 0 fully saturated rings. The minimum Gasteiger partial charge on any atom is -0.450 e. The number of furan rings is 1. The van der Waals surface area contributed by atoms with E-state index in [0.29, 0.717) is 20.6 Å². The zero-order chi connectivity index (χ0) is 21.3. The summed E-state index contributed by atoms with van der Waals surface area (Å²) in [6, 6.07) is 12.1. The fourth-order valence-corrected chi connectivity index (χ4v) is 3.55. The van der Waals surface area contributed by atoms with Crippen molar-refractivity contribution in [1.82, 2.24) is 9.97 Å². The van der Waals surface area contributed by atoms with Crippen LogP contribution in [0.5, 0.6) is 0 Å². The van der Waals surface area contributed by atoms with E-state index in [9.17, 15) is 14.0 Å². The number of hydrogen-bond donors (Lipinski definition) is 1. The lowest BCUT2D eigenvalue weighted by atomic mass is 10.1. The molecular weight excluding hydrogens is 473 g/mol. The number of anilines is 1. The predicted molar refractivity (Wildman–Crippen MR) is 116 cm³/mol. The highest BCUT2D eigenvalue weighted by Crippen LogP contribution is 2.33. The Hall–Kier alpha value is -3.04. The van der Waals surface area contributed by atoms with Gasteiger partial charge in [0.1, 0.15) is 17.1 Å². The number of hydrogen-bond acceptors (Lipinski definition) is 6. The quantitative estimate of drug-likeness (QED) is 0.233. The van der Waals surface area contributed by atoms with Crippen molar-refractivity contribution in [1.29, 1.82) is 0 Å². The number of carbonyl (C=O) groups is 2. The van der Waals surface area contributed by atoms with Crippen molar-refractivity contribution in [2.45, 2.75) is 5.16 Å².